The van der Waals surface area contributed by atoms with Gasteiger partial charge in [-0.1, -0.05) is 23.2 Å². The molecule has 146 valence electrons. The van der Waals surface area contributed by atoms with Crippen molar-refractivity contribution in [1.29, 1.82) is 0 Å². The minimum atomic E-state index is -0.996. The van der Waals surface area contributed by atoms with Crippen molar-refractivity contribution < 1.29 is 24.2 Å². The predicted octanol–water partition coefficient (Wildman–Crippen LogP) is 2.65. The number of nitro groups is 2. The molecule has 28 heavy (non-hydrogen) atoms. The van der Waals surface area contributed by atoms with Crippen LogP contribution in [0.25, 0.3) is 0 Å². The highest BCUT2D eigenvalue weighted by Gasteiger charge is 2.20. The molecular weight excluding hydrogens is 419 g/mol. The Morgan fingerprint density at radius 1 is 0.964 bits per heavy atom. The zero-order valence-electron chi connectivity index (χ0n) is 13.7. The summed E-state index contributed by atoms with van der Waals surface area (Å²) in [5.74, 6) is -1.59. The van der Waals surface area contributed by atoms with Crippen molar-refractivity contribution in [2.45, 2.75) is 0 Å². The number of halogens is 2. The Balaban J connectivity index is 1.98. The molecule has 0 radical (unpaired) electrons. The molecule has 11 nitrogen and oxygen atoms in total. The van der Waals surface area contributed by atoms with Crippen LogP contribution in [0.1, 0.15) is 10.4 Å². The van der Waals surface area contributed by atoms with Gasteiger partial charge in [0.15, 0.2) is 6.61 Å². The van der Waals surface area contributed by atoms with Crippen molar-refractivity contribution in [1.82, 2.24) is 10.9 Å². The van der Waals surface area contributed by atoms with Crippen molar-refractivity contribution in [3.63, 3.8) is 0 Å². The number of hydrazine groups is 1. The number of amides is 2. The Labute approximate surface area is 166 Å². The molecule has 0 aliphatic heterocycles. The van der Waals surface area contributed by atoms with Crippen molar-refractivity contribution >= 4 is 46.4 Å². The van der Waals surface area contributed by atoms with Gasteiger partial charge in [-0.15, -0.1) is 0 Å². The van der Waals surface area contributed by atoms with Crippen LogP contribution >= 0.6 is 23.2 Å². The fourth-order valence-electron chi connectivity index (χ4n) is 1.91. The molecule has 0 heterocycles. The Morgan fingerprint density at radius 3 is 2.11 bits per heavy atom. The highest BCUT2D eigenvalue weighted by Crippen LogP contribution is 2.27. The maximum Gasteiger partial charge on any atom is 0.277 e. The lowest BCUT2D eigenvalue weighted by Crippen LogP contribution is -2.43. The number of rotatable bonds is 6. The van der Waals surface area contributed by atoms with Gasteiger partial charge >= 0.3 is 0 Å². The Kier molecular flexibility index (Phi) is 6.69. The van der Waals surface area contributed by atoms with E-state index in [0.29, 0.717) is 11.1 Å². The lowest BCUT2D eigenvalue weighted by molar-refractivity contribution is -0.394. The second-order valence-electron chi connectivity index (χ2n) is 5.12. The van der Waals surface area contributed by atoms with Gasteiger partial charge in [0.2, 0.25) is 0 Å². The van der Waals surface area contributed by atoms with E-state index in [9.17, 15) is 29.8 Å². The van der Waals surface area contributed by atoms with Gasteiger partial charge in [-0.05, 0) is 18.2 Å². The molecule has 0 aliphatic rings. The number of nitrogens with one attached hydrogen (secondary N) is 2. The van der Waals surface area contributed by atoms with Crippen LogP contribution in [0.4, 0.5) is 11.4 Å². The summed E-state index contributed by atoms with van der Waals surface area (Å²) in [7, 11) is 0. The van der Waals surface area contributed by atoms with E-state index in [1.165, 1.54) is 18.2 Å². The first-order valence-electron chi connectivity index (χ1n) is 7.28. The molecule has 0 aromatic heterocycles. The number of benzene rings is 2. The number of nitrogens with zero attached hydrogens (tertiary/aromatic N) is 2. The molecule has 0 atom stereocenters. The summed E-state index contributed by atoms with van der Waals surface area (Å²) in [5, 5.41) is 22.2. The van der Waals surface area contributed by atoms with E-state index in [1.54, 1.807) is 0 Å². The number of hydrogen-bond donors (Lipinski definition) is 2. The second kappa shape index (κ2) is 8.97. The summed E-state index contributed by atoms with van der Waals surface area (Å²) in [5.41, 5.74) is 2.30. The van der Waals surface area contributed by atoms with Crippen LogP contribution in [-0.2, 0) is 4.79 Å². The molecule has 0 aliphatic carbocycles. The summed E-state index contributed by atoms with van der Waals surface area (Å²) in [6.45, 7) is -0.517. The highest BCUT2D eigenvalue weighted by molar-refractivity contribution is 6.35. The van der Waals surface area contributed by atoms with Gasteiger partial charge < -0.3 is 4.74 Å². The minimum absolute atomic E-state index is 0.174. The smallest absolute Gasteiger partial charge is 0.277 e. The summed E-state index contributed by atoms with van der Waals surface area (Å²) in [6, 6.07) is 6.72. The van der Waals surface area contributed by atoms with Crippen LogP contribution in [0.2, 0.25) is 10.0 Å². The molecule has 2 aromatic rings. The third-order valence-electron chi connectivity index (χ3n) is 3.15. The van der Waals surface area contributed by atoms with Crippen LogP contribution in [0.5, 0.6) is 5.75 Å². The normalized spacial score (nSPS) is 10.1. The highest BCUT2D eigenvalue weighted by atomic mass is 35.5. The van der Waals surface area contributed by atoms with Gasteiger partial charge in [0, 0.05) is 17.2 Å². The van der Waals surface area contributed by atoms with Crippen LogP contribution in [0, 0.1) is 20.2 Å². The Hall–Kier alpha value is -3.44. The van der Waals surface area contributed by atoms with E-state index in [1.807, 2.05) is 10.9 Å². The Morgan fingerprint density at radius 2 is 1.57 bits per heavy atom. The van der Waals surface area contributed by atoms with E-state index in [-0.39, 0.29) is 16.3 Å². The van der Waals surface area contributed by atoms with Crippen LogP contribution in [0.3, 0.4) is 0 Å². The Bertz CT molecular complexity index is 935. The molecule has 0 saturated carbocycles. The van der Waals surface area contributed by atoms with Gasteiger partial charge in [-0.2, -0.15) is 0 Å². The fourth-order valence-corrected chi connectivity index (χ4v) is 2.37. The molecule has 2 aromatic carbocycles. The zero-order valence-corrected chi connectivity index (χ0v) is 15.2. The first-order valence-corrected chi connectivity index (χ1v) is 8.04. The van der Waals surface area contributed by atoms with E-state index in [2.05, 4.69) is 0 Å². The molecule has 0 unspecified atom stereocenters. The molecule has 0 fully saturated rings. The van der Waals surface area contributed by atoms with E-state index < -0.39 is 39.6 Å². The number of ether oxygens (including phenoxy) is 1. The molecule has 0 bridgehead atoms. The van der Waals surface area contributed by atoms with Crippen molar-refractivity contribution in [2.24, 2.45) is 0 Å². The van der Waals surface area contributed by atoms with Gasteiger partial charge in [-0.25, -0.2) is 0 Å². The number of carbonyl (C=O) groups excluding carboxylic acids is 2. The maximum absolute atomic E-state index is 12.0. The van der Waals surface area contributed by atoms with Crippen LogP contribution in [0.15, 0.2) is 36.4 Å². The average Bonchev–Trinajstić information content (AvgIpc) is 2.64. The average molecular weight is 429 g/mol. The molecule has 0 saturated heterocycles. The topological polar surface area (TPSA) is 154 Å². The SMILES string of the molecule is O=C(COc1ccc(Cl)cc1Cl)NNC(=O)c1cc([N+](=O)[O-])cc([N+](=O)[O-])c1. The molecule has 2 N–H and O–H groups in total. The third kappa shape index (κ3) is 5.53. The first kappa shape index (κ1) is 20.9. The minimum Gasteiger partial charge on any atom is -0.482 e. The van der Waals surface area contributed by atoms with Gasteiger partial charge in [-0.3, -0.25) is 40.7 Å². The predicted molar refractivity (Wildman–Crippen MR) is 97.3 cm³/mol. The van der Waals surface area contributed by atoms with Crippen molar-refractivity contribution in [3.8, 4) is 5.75 Å². The summed E-state index contributed by atoms with van der Waals surface area (Å²) in [6.07, 6.45) is 0. The van der Waals surface area contributed by atoms with Crippen molar-refractivity contribution in [2.75, 3.05) is 6.61 Å². The number of carbonyl (C=O) groups is 2. The monoisotopic (exact) mass is 428 g/mol. The summed E-state index contributed by atoms with van der Waals surface area (Å²) >= 11 is 11.6. The van der Waals surface area contributed by atoms with Crippen molar-refractivity contribution in [3.05, 3.63) is 72.2 Å². The number of non-ortho nitro benzene ring substituents is 2. The molecule has 0 spiro atoms. The van der Waals surface area contributed by atoms with E-state index in [0.717, 1.165) is 12.1 Å². The number of hydrogen-bond acceptors (Lipinski definition) is 7. The lowest BCUT2D eigenvalue weighted by atomic mass is 10.1. The quantitative estimate of drug-likeness (QED) is 0.529. The van der Waals surface area contributed by atoms with Crippen LogP contribution in [-0.4, -0.2) is 28.3 Å². The third-order valence-corrected chi connectivity index (χ3v) is 3.68. The molecular formula is C15H10Cl2N4O7. The second-order valence-corrected chi connectivity index (χ2v) is 5.96. The van der Waals surface area contributed by atoms with E-state index in [4.69, 9.17) is 27.9 Å². The standard InChI is InChI=1S/C15H10Cl2N4O7/c16-9-1-2-13(12(17)5-9)28-7-14(22)18-19-15(23)8-3-10(20(24)25)6-11(4-8)21(26)27/h1-6H,7H2,(H,18,22)(H,19,23). The van der Waals surface area contributed by atoms with Gasteiger partial charge in [0.1, 0.15) is 5.75 Å². The van der Waals surface area contributed by atoms with Crippen LogP contribution < -0.4 is 15.6 Å². The van der Waals surface area contributed by atoms with Gasteiger partial charge in [0.25, 0.3) is 23.2 Å². The largest absolute Gasteiger partial charge is 0.482 e. The molecule has 2 rings (SSSR count). The maximum atomic E-state index is 12.0. The first-order chi connectivity index (χ1) is 13.2. The molecule has 2 amide bonds. The van der Waals surface area contributed by atoms with Gasteiger partial charge in [0.05, 0.1) is 26.5 Å². The summed E-state index contributed by atoms with van der Waals surface area (Å²) in [4.78, 5) is 43.7. The lowest BCUT2D eigenvalue weighted by Gasteiger charge is -2.10. The zero-order chi connectivity index (χ0) is 20.8. The molecule has 13 heteroatoms. The van der Waals surface area contributed by atoms with E-state index >= 15 is 0 Å². The fraction of sp³-hybridized carbons (Fsp3) is 0.0667. The summed E-state index contributed by atoms with van der Waals surface area (Å²) < 4.78 is 5.16. The number of nitro benzene ring substituents is 2.